The number of hydrogen-bond acceptors (Lipinski definition) is 11. The fourth-order valence-electron chi connectivity index (χ4n) is 5.55. The largest absolute Gasteiger partial charge is 0.378 e. The van der Waals surface area contributed by atoms with Crippen molar-refractivity contribution in [3.8, 4) is 0 Å². The van der Waals surface area contributed by atoms with E-state index < -0.39 is 10.1 Å². The number of nitrogens with zero attached hydrogens (tertiary/aromatic N) is 5. The average Bonchev–Trinajstić information content (AvgIpc) is 3.08. The Hall–Kier alpha value is -4.23. The molecule has 1 aromatic heterocycles. The molecule has 0 atom stereocenters. The van der Waals surface area contributed by atoms with Crippen molar-refractivity contribution in [3.63, 3.8) is 0 Å². The van der Waals surface area contributed by atoms with Gasteiger partial charge in [0.25, 0.3) is 10.1 Å². The average molecular weight is 645 g/mol. The van der Waals surface area contributed by atoms with Crippen molar-refractivity contribution in [2.45, 2.75) is 25.3 Å². The molecular formula is C34H40N6O5S. The summed E-state index contributed by atoms with van der Waals surface area (Å²) in [4.78, 5) is 16.1. The van der Waals surface area contributed by atoms with E-state index >= 15 is 0 Å². The highest BCUT2D eigenvalue weighted by Gasteiger charge is 2.19. The number of anilines is 6. The molecule has 2 aliphatic rings. The maximum Gasteiger partial charge on any atom is 0.297 e. The van der Waals surface area contributed by atoms with E-state index in [9.17, 15) is 8.42 Å². The number of ether oxygens (including phenoxy) is 2. The Balaban J connectivity index is 1.21. The van der Waals surface area contributed by atoms with Crippen molar-refractivity contribution in [2.24, 2.45) is 0 Å². The Morgan fingerprint density at radius 2 is 1.48 bits per heavy atom. The van der Waals surface area contributed by atoms with Gasteiger partial charge in [0.2, 0.25) is 5.95 Å². The number of aromatic nitrogens is 2. The van der Waals surface area contributed by atoms with Gasteiger partial charge in [-0.2, -0.15) is 13.4 Å². The Kier molecular flexibility index (Phi) is 9.69. The summed E-state index contributed by atoms with van der Waals surface area (Å²) in [6.45, 7) is 10.00. The van der Waals surface area contributed by atoms with Crippen molar-refractivity contribution in [2.75, 3.05) is 79.7 Å². The van der Waals surface area contributed by atoms with E-state index in [-0.39, 0.29) is 11.5 Å². The zero-order valence-corrected chi connectivity index (χ0v) is 27.3. The van der Waals surface area contributed by atoms with E-state index in [4.69, 9.17) is 18.6 Å². The van der Waals surface area contributed by atoms with Crippen LogP contribution >= 0.6 is 0 Å². The Bertz CT molecular complexity index is 1720. The van der Waals surface area contributed by atoms with Crippen LogP contribution in [0, 0.1) is 13.8 Å². The first-order valence-corrected chi connectivity index (χ1v) is 16.9. The Morgan fingerprint density at radius 3 is 2.11 bits per heavy atom. The molecule has 2 saturated heterocycles. The summed E-state index contributed by atoms with van der Waals surface area (Å²) >= 11 is 0. The zero-order valence-electron chi connectivity index (χ0n) is 26.5. The maximum atomic E-state index is 12.8. The topological polar surface area (TPSA) is 109 Å². The van der Waals surface area contributed by atoms with E-state index in [1.165, 1.54) is 0 Å². The van der Waals surface area contributed by atoms with E-state index in [1.807, 2.05) is 50.1 Å². The van der Waals surface area contributed by atoms with Gasteiger partial charge in [0.05, 0.1) is 37.9 Å². The molecule has 0 aliphatic carbocycles. The summed E-state index contributed by atoms with van der Waals surface area (Å²) in [7, 11) is -1.96. The smallest absolute Gasteiger partial charge is 0.297 e. The molecule has 11 nitrogen and oxygen atoms in total. The molecule has 4 aromatic rings. The molecule has 3 aromatic carbocycles. The molecule has 6 rings (SSSR count). The first kappa shape index (κ1) is 31.7. The molecule has 0 saturated carbocycles. The molecule has 0 bridgehead atoms. The minimum Gasteiger partial charge on any atom is -0.378 e. The van der Waals surface area contributed by atoms with E-state index in [1.54, 1.807) is 30.5 Å². The third-order valence-electron chi connectivity index (χ3n) is 8.22. The van der Waals surface area contributed by atoms with E-state index in [0.29, 0.717) is 38.2 Å². The van der Waals surface area contributed by atoms with Crippen molar-refractivity contribution in [1.29, 1.82) is 0 Å². The SMILES string of the molecule is Cc1ccc(S(=O)(=O)OCc2ccc(C)c(N(C)c3ccnc(Nc4cc(N5CCOCC5)cc(N5CCOCC5)c4)n3)c2)cc1. The number of rotatable bonds is 10. The second kappa shape index (κ2) is 14.0. The van der Waals surface area contributed by atoms with Crippen LogP contribution in [0.25, 0.3) is 0 Å². The van der Waals surface area contributed by atoms with Crippen LogP contribution in [0.15, 0.2) is 77.8 Å². The lowest BCUT2D eigenvalue weighted by Crippen LogP contribution is -2.38. The first-order chi connectivity index (χ1) is 22.2. The number of hydrogen-bond donors (Lipinski definition) is 1. The monoisotopic (exact) mass is 644 g/mol. The molecule has 242 valence electrons. The Morgan fingerprint density at radius 1 is 0.848 bits per heavy atom. The molecule has 46 heavy (non-hydrogen) atoms. The van der Waals surface area contributed by atoms with Crippen LogP contribution in [0.4, 0.5) is 34.5 Å². The van der Waals surface area contributed by atoms with Gasteiger partial charge in [-0.1, -0.05) is 29.8 Å². The predicted octanol–water partition coefficient (Wildman–Crippen LogP) is 5.18. The number of nitrogens with one attached hydrogen (secondary N) is 1. The van der Waals surface area contributed by atoms with Crippen molar-refractivity contribution >= 4 is 44.6 Å². The summed E-state index contributed by atoms with van der Waals surface area (Å²) in [6, 6.07) is 20.7. The van der Waals surface area contributed by atoms with Crippen LogP contribution in [0.3, 0.4) is 0 Å². The quantitative estimate of drug-likeness (QED) is 0.231. The highest BCUT2D eigenvalue weighted by Crippen LogP contribution is 2.32. The molecule has 12 heteroatoms. The third kappa shape index (κ3) is 7.59. The second-order valence-corrected chi connectivity index (χ2v) is 13.1. The van der Waals surface area contributed by atoms with Gasteiger partial charge in [-0.3, -0.25) is 4.18 Å². The molecular weight excluding hydrogens is 604 g/mol. The lowest BCUT2D eigenvalue weighted by Gasteiger charge is -2.33. The summed E-state index contributed by atoms with van der Waals surface area (Å²) in [5, 5.41) is 3.44. The minimum absolute atomic E-state index is 0.0845. The van der Waals surface area contributed by atoms with Gasteiger partial charge in [0.1, 0.15) is 5.82 Å². The second-order valence-electron chi connectivity index (χ2n) is 11.5. The third-order valence-corrected chi connectivity index (χ3v) is 9.50. The van der Waals surface area contributed by atoms with Crippen LogP contribution in [0.1, 0.15) is 16.7 Å². The standard InChI is InChI=1S/C34H40N6O5S/c1-25-4-8-31(9-5-25)46(41,42)45-24-27-7-6-26(2)32(20-27)38(3)33-10-11-35-34(37-33)36-28-21-29(39-12-16-43-17-13-39)23-30(22-28)40-14-18-44-19-15-40/h4-11,20-23H,12-19,24H2,1-3H3,(H,35,36,37). The molecule has 3 heterocycles. The van der Waals surface area contributed by atoms with Gasteiger partial charge in [-0.15, -0.1) is 0 Å². The van der Waals surface area contributed by atoms with Gasteiger partial charge in [-0.25, -0.2) is 4.98 Å². The number of morpholine rings is 2. The van der Waals surface area contributed by atoms with Crippen LogP contribution in [-0.4, -0.2) is 78.0 Å². The highest BCUT2D eigenvalue weighted by molar-refractivity contribution is 7.86. The molecule has 0 unspecified atom stereocenters. The molecule has 0 spiro atoms. The number of aryl methyl sites for hydroxylation is 2. The normalized spacial score (nSPS) is 15.5. The Labute approximate surface area is 270 Å². The molecule has 0 amide bonds. The van der Waals surface area contributed by atoms with E-state index in [2.05, 4.69) is 38.3 Å². The predicted molar refractivity (Wildman–Crippen MR) is 180 cm³/mol. The minimum atomic E-state index is -3.89. The lowest BCUT2D eigenvalue weighted by molar-refractivity contribution is 0.122. The fraction of sp³-hybridized carbons (Fsp3) is 0.353. The van der Waals surface area contributed by atoms with Gasteiger partial charge in [0, 0.05) is 62.2 Å². The molecule has 0 radical (unpaired) electrons. The van der Waals surface area contributed by atoms with Gasteiger partial charge < -0.3 is 29.5 Å². The zero-order chi connectivity index (χ0) is 32.1. The lowest BCUT2D eigenvalue weighted by atomic mass is 10.1. The van der Waals surface area contributed by atoms with Crippen LogP contribution < -0.4 is 20.0 Å². The molecule has 2 aliphatic heterocycles. The fourth-order valence-corrected chi connectivity index (χ4v) is 6.45. The van der Waals surface area contributed by atoms with Gasteiger partial charge >= 0.3 is 0 Å². The highest BCUT2D eigenvalue weighted by atomic mass is 32.2. The summed E-state index contributed by atoms with van der Waals surface area (Å²) < 4.78 is 42.1. The van der Waals surface area contributed by atoms with Crippen LogP contribution in [0.5, 0.6) is 0 Å². The van der Waals surface area contributed by atoms with Crippen molar-refractivity contribution in [1.82, 2.24) is 9.97 Å². The number of benzene rings is 3. The van der Waals surface area contributed by atoms with Crippen LogP contribution in [-0.2, 0) is 30.4 Å². The first-order valence-electron chi connectivity index (χ1n) is 15.5. The van der Waals surface area contributed by atoms with Crippen LogP contribution in [0.2, 0.25) is 0 Å². The summed E-state index contributed by atoms with van der Waals surface area (Å²) in [6.07, 6.45) is 1.73. The molecule has 2 fully saturated rings. The molecule has 1 N–H and O–H groups in total. The maximum absolute atomic E-state index is 12.8. The van der Waals surface area contributed by atoms with Crippen molar-refractivity contribution < 1.29 is 22.1 Å². The summed E-state index contributed by atoms with van der Waals surface area (Å²) in [5.41, 5.74) is 6.75. The van der Waals surface area contributed by atoms with Gasteiger partial charge in [-0.05, 0) is 67.4 Å². The van der Waals surface area contributed by atoms with E-state index in [0.717, 1.165) is 65.6 Å². The van der Waals surface area contributed by atoms with Crippen molar-refractivity contribution in [3.05, 3.63) is 89.6 Å². The van der Waals surface area contributed by atoms with Gasteiger partial charge in [0.15, 0.2) is 0 Å². The summed E-state index contributed by atoms with van der Waals surface area (Å²) in [5.74, 6) is 1.15.